The van der Waals surface area contributed by atoms with Gasteiger partial charge < -0.3 is 9.84 Å². The number of Topliss-reactive ketones (excluding diaryl/α,β-unsaturated/α-hetero) is 1. The van der Waals surface area contributed by atoms with Crippen LogP contribution in [0.5, 0.6) is 0 Å². The number of ketones is 1. The molecule has 156 valence electrons. The standard InChI is InChI=1S/C21H33F3O3/c1-12-6-8-20-9-7-14(27-5)16(20)19(12,4)15(25)10-18(3,11-21(22,23)24)17(26)13(20)2/h12-16,25H,6-11H2,1-5H3/t12-,13+,14?,15-,16?,18+,19+,20?/m1/s1. The van der Waals surface area contributed by atoms with Gasteiger partial charge in [-0.25, -0.2) is 0 Å². The molecule has 0 heterocycles. The summed E-state index contributed by atoms with van der Waals surface area (Å²) in [6.45, 7) is 7.35. The summed E-state index contributed by atoms with van der Waals surface area (Å²) in [5.74, 6) is -0.647. The number of carbonyl (C=O) groups is 1. The predicted molar refractivity (Wildman–Crippen MR) is 96.0 cm³/mol. The van der Waals surface area contributed by atoms with Crippen LogP contribution in [-0.2, 0) is 9.53 Å². The van der Waals surface area contributed by atoms with Crippen molar-refractivity contribution in [2.24, 2.45) is 34.0 Å². The fraction of sp³-hybridized carbons (Fsp3) is 0.952. The quantitative estimate of drug-likeness (QED) is 0.739. The highest BCUT2D eigenvalue weighted by Crippen LogP contribution is 2.68. The number of rotatable bonds is 2. The smallest absolute Gasteiger partial charge is 0.390 e. The molecule has 0 aliphatic heterocycles. The van der Waals surface area contributed by atoms with Crippen molar-refractivity contribution in [3.8, 4) is 0 Å². The first kappa shape index (κ1) is 21.1. The maximum atomic E-state index is 13.4. The van der Waals surface area contributed by atoms with Gasteiger partial charge in [-0.3, -0.25) is 4.79 Å². The Morgan fingerprint density at radius 2 is 1.78 bits per heavy atom. The average Bonchev–Trinajstić information content (AvgIpc) is 2.95. The van der Waals surface area contributed by atoms with Crippen molar-refractivity contribution in [2.75, 3.05) is 7.11 Å². The number of hydrogen-bond donors (Lipinski definition) is 1. The van der Waals surface area contributed by atoms with Crippen LogP contribution in [0.4, 0.5) is 13.2 Å². The summed E-state index contributed by atoms with van der Waals surface area (Å²) >= 11 is 0. The SMILES string of the molecule is COC1CCC23CC[C@@H](C)[C@](C)(C12)[C@H](O)C[C@@](C)(CC(F)(F)F)C(=O)[C@@H]3C. The second-order valence-corrected chi connectivity index (χ2v) is 9.99. The van der Waals surface area contributed by atoms with Crippen LogP contribution in [0.15, 0.2) is 0 Å². The lowest BCUT2D eigenvalue weighted by molar-refractivity contribution is -0.207. The van der Waals surface area contributed by atoms with E-state index in [0.717, 1.165) is 25.7 Å². The third kappa shape index (κ3) is 2.97. The molecule has 0 spiro atoms. The molecule has 3 nitrogen and oxygen atoms in total. The van der Waals surface area contributed by atoms with Crippen LogP contribution in [0.25, 0.3) is 0 Å². The molecule has 0 saturated heterocycles. The van der Waals surface area contributed by atoms with E-state index in [1.165, 1.54) is 6.92 Å². The summed E-state index contributed by atoms with van der Waals surface area (Å²) in [5.41, 5.74) is -2.52. The van der Waals surface area contributed by atoms with Gasteiger partial charge in [0.2, 0.25) is 0 Å². The van der Waals surface area contributed by atoms with Crippen molar-refractivity contribution in [3.05, 3.63) is 0 Å². The summed E-state index contributed by atoms with van der Waals surface area (Å²) in [6.07, 6.45) is -3.49. The highest BCUT2D eigenvalue weighted by Gasteiger charge is 2.68. The zero-order valence-corrected chi connectivity index (χ0v) is 17.0. The molecule has 3 aliphatic rings. The Hall–Kier alpha value is -0.620. The number of aliphatic hydroxyl groups is 1. The fourth-order valence-corrected chi connectivity index (χ4v) is 7.13. The number of hydrogen-bond acceptors (Lipinski definition) is 3. The lowest BCUT2D eigenvalue weighted by Gasteiger charge is -2.61. The molecule has 3 unspecified atom stereocenters. The first-order valence-corrected chi connectivity index (χ1v) is 10.1. The topological polar surface area (TPSA) is 46.5 Å². The van der Waals surface area contributed by atoms with E-state index in [1.54, 1.807) is 7.11 Å². The van der Waals surface area contributed by atoms with Crippen LogP contribution in [0.1, 0.15) is 66.2 Å². The lowest BCUT2D eigenvalue weighted by Crippen LogP contribution is -2.62. The Morgan fingerprint density at radius 1 is 1.19 bits per heavy atom. The monoisotopic (exact) mass is 390 g/mol. The van der Waals surface area contributed by atoms with Crippen molar-refractivity contribution in [1.29, 1.82) is 0 Å². The lowest BCUT2D eigenvalue weighted by atomic mass is 9.44. The van der Waals surface area contributed by atoms with E-state index >= 15 is 0 Å². The van der Waals surface area contributed by atoms with Gasteiger partial charge >= 0.3 is 6.18 Å². The second-order valence-electron chi connectivity index (χ2n) is 9.99. The van der Waals surface area contributed by atoms with E-state index in [-0.39, 0.29) is 35.6 Å². The number of alkyl halides is 3. The van der Waals surface area contributed by atoms with Gasteiger partial charge in [-0.2, -0.15) is 13.2 Å². The van der Waals surface area contributed by atoms with Crippen LogP contribution in [-0.4, -0.2) is 36.4 Å². The molecule has 27 heavy (non-hydrogen) atoms. The molecule has 0 aromatic heterocycles. The Balaban J connectivity index is 2.15. The molecule has 0 aromatic carbocycles. The Labute approximate surface area is 160 Å². The molecule has 3 aliphatic carbocycles. The van der Waals surface area contributed by atoms with E-state index in [4.69, 9.17) is 4.74 Å². The van der Waals surface area contributed by atoms with Gasteiger partial charge in [0, 0.05) is 23.9 Å². The number of ether oxygens (including phenoxy) is 1. The van der Waals surface area contributed by atoms with Gasteiger partial charge in [0.15, 0.2) is 0 Å². The van der Waals surface area contributed by atoms with Crippen molar-refractivity contribution in [1.82, 2.24) is 0 Å². The Morgan fingerprint density at radius 3 is 2.33 bits per heavy atom. The van der Waals surface area contributed by atoms with Crippen molar-refractivity contribution in [3.63, 3.8) is 0 Å². The van der Waals surface area contributed by atoms with E-state index in [0.29, 0.717) is 0 Å². The van der Waals surface area contributed by atoms with E-state index < -0.39 is 35.4 Å². The highest BCUT2D eigenvalue weighted by molar-refractivity contribution is 5.87. The molecular weight excluding hydrogens is 357 g/mol. The van der Waals surface area contributed by atoms with Crippen molar-refractivity contribution in [2.45, 2.75) is 84.6 Å². The fourth-order valence-electron chi connectivity index (χ4n) is 7.13. The van der Waals surface area contributed by atoms with Gasteiger partial charge in [0.25, 0.3) is 0 Å². The van der Waals surface area contributed by atoms with Crippen LogP contribution >= 0.6 is 0 Å². The first-order valence-electron chi connectivity index (χ1n) is 10.1. The number of methoxy groups -OCH3 is 1. The molecular formula is C21H33F3O3. The number of halogens is 3. The van der Waals surface area contributed by atoms with Gasteiger partial charge in [0.1, 0.15) is 5.78 Å². The summed E-state index contributed by atoms with van der Waals surface area (Å²) < 4.78 is 45.8. The van der Waals surface area contributed by atoms with Crippen molar-refractivity contribution < 1.29 is 27.8 Å². The molecule has 3 rings (SSSR count). The van der Waals surface area contributed by atoms with Gasteiger partial charge in [-0.15, -0.1) is 0 Å². The summed E-state index contributed by atoms with van der Waals surface area (Å²) in [5, 5.41) is 11.3. The minimum Gasteiger partial charge on any atom is -0.393 e. The number of aliphatic hydroxyl groups excluding tert-OH is 1. The minimum atomic E-state index is -4.44. The molecule has 3 fully saturated rings. The maximum Gasteiger partial charge on any atom is 0.390 e. The van der Waals surface area contributed by atoms with Crippen LogP contribution in [0, 0.1) is 34.0 Å². The molecule has 0 radical (unpaired) electrons. The normalized spacial score (nSPS) is 50.9. The van der Waals surface area contributed by atoms with Gasteiger partial charge in [-0.1, -0.05) is 27.7 Å². The molecule has 0 amide bonds. The molecule has 2 bridgehead atoms. The zero-order chi connectivity index (χ0) is 20.4. The van der Waals surface area contributed by atoms with Crippen molar-refractivity contribution >= 4 is 5.78 Å². The van der Waals surface area contributed by atoms with E-state index in [2.05, 4.69) is 6.92 Å². The summed E-state index contributed by atoms with van der Waals surface area (Å²) in [6, 6.07) is 0. The Bertz CT molecular complexity index is 606. The Kier molecular flexibility index (Phi) is 5.04. The minimum absolute atomic E-state index is 0.0110. The highest BCUT2D eigenvalue weighted by atomic mass is 19.4. The predicted octanol–water partition coefficient (Wildman–Crippen LogP) is 4.76. The molecule has 1 N–H and O–H groups in total. The molecule has 0 aromatic rings. The molecule has 3 saturated carbocycles. The van der Waals surface area contributed by atoms with E-state index in [1.807, 2.05) is 13.8 Å². The summed E-state index contributed by atoms with van der Waals surface area (Å²) in [4.78, 5) is 13.4. The van der Waals surface area contributed by atoms with Crippen LogP contribution < -0.4 is 0 Å². The molecule has 6 heteroatoms. The van der Waals surface area contributed by atoms with Crippen LogP contribution in [0.2, 0.25) is 0 Å². The maximum absolute atomic E-state index is 13.4. The van der Waals surface area contributed by atoms with E-state index in [9.17, 15) is 23.1 Å². The van der Waals surface area contributed by atoms with Gasteiger partial charge in [0.05, 0.1) is 18.6 Å². The van der Waals surface area contributed by atoms with Crippen LogP contribution in [0.3, 0.4) is 0 Å². The third-order valence-electron chi connectivity index (χ3n) is 8.77. The molecule has 8 atom stereocenters. The number of carbonyl (C=O) groups excluding carboxylic acids is 1. The second kappa shape index (κ2) is 6.45. The zero-order valence-electron chi connectivity index (χ0n) is 17.0. The summed E-state index contributed by atoms with van der Waals surface area (Å²) in [7, 11) is 1.67. The largest absolute Gasteiger partial charge is 0.393 e. The first-order chi connectivity index (χ1) is 12.3. The third-order valence-corrected chi connectivity index (χ3v) is 8.77. The van der Waals surface area contributed by atoms with Gasteiger partial charge in [-0.05, 0) is 49.4 Å². The average molecular weight is 390 g/mol.